The highest BCUT2D eigenvalue weighted by atomic mass is 32.1. The van der Waals surface area contributed by atoms with Crippen LogP contribution in [0.4, 0.5) is 5.82 Å². The Bertz CT molecular complexity index is 469. The molecule has 2 rings (SSSR count). The van der Waals surface area contributed by atoms with Gasteiger partial charge in [0.1, 0.15) is 23.2 Å². The van der Waals surface area contributed by atoms with Crippen molar-refractivity contribution in [2.45, 2.75) is 0 Å². The zero-order chi connectivity index (χ0) is 9.97. The Morgan fingerprint density at radius 3 is 3.14 bits per heavy atom. The van der Waals surface area contributed by atoms with Crippen molar-refractivity contribution in [3.63, 3.8) is 0 Å². The lowest BCUT2D eigenvalue weighted by atomic mass is 10.5. The van der Waals surface area contributed by atoms with Crippen LogP contribution in [0.15, 0.2) is 11.8 Å². The number of hydrogen-bond donors (Lipinski definition) is 2. The van der Waals surface area contributed by atoms with Gasteiger partial charge in [0.2, 0.25) is 0 Å². The van der Waals surface area contributed by atoms with Crippen LogP contribution in [0.25, 0.3) is 10.3 Å². The number of aliphatic carboxylic acids is 1. The number of anilines is 1. The third kappa shape index (κ3) is 1.62. The quantitative estimate of drug-likeness (QED) is 0.770. The molecule has 0 aliphatic rings. The summed E-state index contributed by atoms with van der Waals surface area (Å²) in [6.45, 7) is -0.177. The van der Waals surface area contributed by atoms with Crippen molar-refractivity contribution in [2.75, 3.05) is 11.9 Å². The number of hydrogen-bond acceptors (Lipinski definition) is 6. The SMILES string of the molecule is O=C(O)CNc1ncnc2scnc12. The number of nitrogens with one attached hydrogen (secondary N) is 1. The number of nitrogens with zero attached hydrogens (tertiary/aromatic N) is 3. The van der Waals surface area contributed by atoms with E-state index in [-0.39, 0.29) is 6.54 Å². The highest BCUT2D eigenvalue weighted by Crippen LogP contribution is 2.19. The molecule has 0 amide bonds. The van der Waals surface area contributed by atoms with Crippen molar-refractivity contribution in [1.82, 2.24) is 15.0 Å². The minimum Gasteiger partial charge on any atom is -0.480 e. The largest absolute Gasteiger partial charge is 0.480 e. The van der Waals surface area contributed by atoms with Gasteiger partial charge in [-0.3, -0.25) is 4.79 Å². The fraction of sp³-hybridized carbons (Fsp3) is 0.143. The molecule has 0 aliphatic carbocycles. The first kappa shape index (κ1) is 8.82. The minimum atomic E-state index is -0.938. The topological polar surface area (TPSA) is 88.0 Å². The second kappa shape index (κ2) is 3.54. The number of thiazole rings is 1. The molecule has 2 aromatic heterocycles. The van der Waals surface area contributed by atoms with Gasteiger partial charge in [-0.15, -0.1) is 11.3 Å². The third-order valence-electron chi connectivity index (χ3n) is 1.54. The van der Waals surface area contributed by atoms with E-state index in [2.05, 4.69) is 20.3 Å². The van der Waals surface area contributed by atoms with Gasteiger partial charge >= 0.3 is 5.97 Å². The number of carbonyl (C=O) groups is 1. The smallest absolute Gasteiger partial charge is 0.322 e. The maximum absolute atomic E-state index is 10.3. The average Bonchev–Trinajstić information content (AvgIpc) is 2.62. The summed E-state index contributed by atoms with van der Waals surface area (Å²) in [7, 11) is 0. The van der Waals surface area contributed by atoms with E-state index in [4.69, 9.17) is 5.11 Å². The molecule has 2 aromatic rings. The van der Waals surface area contributed by atoms with E-state index in [9.17, 15) is 4.79 Å². The zero-order valence-corrected chi connectivity index (χ0v) is 7.78. The molecule has 0 fully saturated rings. The van der Waals surface area contributed by atoms with Crippen LogP contribution in [0.5, 0.6) is 0 Å². The molecule has 2 heterocycles. The van der Waals surface area contributed by atoms with Gasteiger partial charge in [0.25, 0.3) is 0 Å². The molecular weight excluding hydrogens is 204 g/mol. The maximum Gasteiger partial charge on any atom is 0.322 e. The van der Waals surface area contributed by atoms with Gasteiger partial charge in [-0.2, -0.15) is 0 Å². The van der Waals surface area contributed by atoms with Gasteiger partial charge in [0, 0.05) is 0 Å². The van der Waals surface area contributed by atoms with E-state index in [1.807, 2.05) is 0 Å². The predicted octanol–water partition coefficient (Wildman–Crippen LogP) is 0.583. The number of rotatable bonds is 3. The van der Waals surface area contributed by atoms with Crippen LogP contribution in [0, 0.1) is 0 Å². The van der Waals surface area contributed by atoms with Crippen molar-refractivity contribution >= 4 is 33.5 Å². The zero-order valence-electron chi connectivity index (χ0n) is 6.97. The Morgan fingerprint density at radius 1 is 1.50 bits per heavy atom. The van der Waals surface area contributed by atoms with Crippen molar-refractivity contribution < 1.29 is 9.90 Å². The second-order valence-corrected chi connectivity index (χ2v) is 3.31. The van der Waals surface area contributed by atoms with Crippen LogP contribution < -0.4 is 5.32 Å². The maximum atomic E-state index is 10.3. The van der Waals surface area contributed by atoms with Gasteiger partial charge in [-0.05, 0) is 0 Å². The van der Waals surface area contributed by atoms with Crippen LogP contribution in [0.1, 0.15) is 0 Å². The Labute approximate surface area is 82.6 Å². The van der Waals surface area contributed by atoms with E-state index in [1.165, 1.54) is 17.7 Å². The van der Waals surface area contributed by atoms with Crippen molar-refractivity contribution in [1.29, 1.82) is 0 Å². The predicted molar refractivity (Wildman–Crippen MR) is 51.3 cm³/mol. The van der Waals surface area contributed by atoms with Crippen LogP contribution in [0.3, 0.4) is 0 Å². The molecule has 0 atom stereocenters. The van der Waals surface area contributed by atoms with Gasteiger partial charge in [0.15, 0.2) is 5.82 Å². The standard InChI is InChI=1S/C7H6N4O2S/c12-4(13)1-8-6-5-7(10-2-9-6)14-3-11-5/h2-3H,1H2,(H,12,13)(H,8,9,10). The van der Waals surface area contributed by atoms with Gasteiger partial charge in [-0.1, -0.05) is 0 Å². The van der Waals surface area contributed by atoms with Crippen molar-refractivity contribution in [3.05, 3.63) is 11.8 Å². The summed E-state index contributed by atoms with van der Waals surface area (Å²) in [6, 6.07) is 0. The van der Waals surface area contributed by atoms with Crippen LogP contribution in [-0.4, -0.2) is 32.6 Å². The summed E-state index contributed by atoms with van der Waals surface area (Å²) in [5, 5.41) is 11.1. The number of aromatic nitrogens is 3. The summed E-state index contributed by atoms with van der Waals surface area (Å²) >= 11 is 1.39. The molecule has 6 nitrogen and oxygen atoms in total. The Balaban J connectivity index is 2.32. The highest BCUT2D eigenvalue weighted by molar-refractivity contribution is 7.16. The molecule has 72 valence electrons. The molecule has 0 saturated heterocycles. The fourth-order valence-corrected chi connectivity index (χ4v) is 1.61. The molecule has 0 aromatic carbocycles. The Morgan fingerprint density at radius 2 is 2.36 bits per heavy atom. The van der Waals surface area contributed by atoms with Crippen LogP contribution in [-0.2, 0) is 4.79 Å². The molecule has 0 aliphatic heterocycles. The molecule has 0 saturated carbocycles. The highest BCUT2D eigenvalue weighted by Gasteiger charge is 2.06. The molecule has 2 N–H and O–H groups in total. The van der Waals surface area contributed by atoms with Gasteiger partial charge in [0.05, 0.1) is 5.51 Å². The average molecular weight is 210 g/mol. The normalized spacial score (nSPS) is 10.3. The van der Waals surface area contributed by atoms with E-state index in [0.717, 1.165) is 4.83 Å². The second-order valence-electron chi connectivity index (χ2n) is 2.48. The monoisotopic (exact) mass is 210 g/mol. The van der Waals surface area contributed by atoms with E-state index >= 15 is 0 Å². The minimum absolute atomic E-state index is 0.177. The van der Waals surface area contributed by atoms with Crippen LogP contribution in [0.2, 0.25) is 0 Å². The Hall–Kier alpha value is -1.76. The molecule has 14 heavy (non-hydrogen) atoms. The van der Waals surface area contributed by atoms with Gasteiger partial charge < -0.3 is 10.4 Å². The first-order valence-electron chi connectivity index (χ1n) is 3.77. The third-order valence-corrected chi connectivity index (χ3v) is 2.27. The van der Waals surface area contributed by atoms with E-state index in [0.29, 0.717) is 11.3 Å². The lowest BCUT2D eigenvalue weighted by Gasteiger charge is -2.01. The molecule has 7 heteroatoms. The summed E-state index contributed by atoms with van der Waals surface area (Å²) in [6.07, 6.45) is 1.38. The van der Waals surface area contributed by atoms with E-state index in [1.54, 1.807) is 5.51 Å². The molecule has 0 bridgehead atoms. The molecule has 0 spiro atoms. The van der Waals surface area contributed by atoms with Gasteiger partial charge in [-0.25, -0.2) is 15.0 Å². The number of carboxylic acid groups (broad SMARTS) is 1. The molecule has 0 unspecified atom stereocenters. The first-order valence-corrected chi connectivity index (χ1v) is 4.65. The summed E-state index contributed by atoms with van der Waals surface area (Å²) in [5.74, 6) is -0.481. The Kier molecular flexibility index (Phi) is 2.23. The summed E-state index contributed by atoms with van der Waals surface area (Å²) in [5.41, 5.74) is 2.25. The lowest BCUT2D eigenvalue weighted by Crippen LogP contribution is -2.13. The number of fused-ring (bicyclic) bond motifs is 1. The molecule has 0 radical (unpaired) electrons. The van der Waals surface area contributed by atoms with Crippen molar-refractivity contribution in [3.8, 4) is 0 Å². The molecular formula is C7H6N4O2S. The van der Waals surface area contributed by atoms with E-state index < -0.39 is 5.97 Å². The van der Waals surface area contributed by atoms with Crippen LogP contribution >= 0.6 is 11.3 Å². The fourth-order valence-electron chi connectivity index (χ4n) is 0.983. The summed E-state index contributed by atoms with van der Waals surface area (Å²) in [4.78, 5) is 23.0. The number of carboxylic acids is 1. The lowest BCUT2D eigenvalue weighted by molar-refractivity contribution is -0.134. The summed E-state index contributed by atoms with van der Waals surface area (Å²) < 4.78 is 0. The van der Waals surface area contributed by atoms with Crippen molar-refractivity contribution in [2.24, 2.45) is 0 Å². The first-order chi connectivity index (χ1) is 6.77.